The van der Waals surface area contributed by atoms with Gasteiger partial charge in [-0.15, -0.1) is 11.8 Å². The molecule has 1 aliphatic heterocycles. The van der Waals surface area contributed by atoms with Crippen LogP contribution in [0.2, 0.25) is 0 Å². The number of carbonyl (C=O) groups excluding carboxylic acids is 2. The molecule has 2 rings (SSSR count). The topological polar surface area (TPSA) is 58.2 Å². The van der Waals surface area contributed by atoms with Gasteiger partial charge >= 0.3 is 0 Å². The molecule has 0 bridgehead atoms. The Labute approximate surface area is 130 Å². The molecule has 114 valence electrons. The predicted molar refractivity (Wildman–Crippen MR) is 86.6 cm³/mol. The Bertz CT molecular complexity index is 531. The minimum atomic E-state index is -0.0646. The van der Waals surface area contributed by atoms with Crippen LogP contribution < -0.4 is 10.6 Å². The number of rotatable bonds is 6. The monoisotopic (exact) mass is 306 g/mol. The highest BCUT2D eigenvalue weighted by molar-refractivity contribution is 8.00. The second-order valence-electron chi connectivity index (χ2n) is 5.31. The molecule has 1 atom stereocenters. The van der Waals surface area contributed by atoms with Crippen LogP contribution in [0, 0.1) is 0 Å². The van der Waals surface area contributed by atoms with Gasteiger partial charge in [-0.1, -0.05) is 25.8 Å². The summed E-state index contributed by atoms with van der Waals surface area (Å²) in [5.41, 5.74) is 1.75. The number of nitrogens with one attached hydrogen (secondary N) is 2. The molecule has 1 unspecified atom stereocenters. The van der Waals surface area contributed by atoms with E-state index in [4.69, 9.17) is 0 Å². The zero-order chi connectivity index (χ0) is 15.2. The van der Waals surface area contributed by atoms with Gasteiger partial charge in [0.25, 0.3) is 0 Å². The summed E-state index contributed by atoms with van der Waals surface area (Å²) in [6.45, 7) is 4.77. The number of carbonyl (C=O) groups is 2. The number of amides is 2. The van der Waals surface area contributed by atoms with E-state index in [9.17, 15) is 9.59 Å². The van der Waals surface area contributed by atoms with Crippen LogP contribution in [0.25, 0.3) is 0 Å². The lowest BCUT2D eigenvalue weighted by atomic mass is 10.1. The molecule has 0 saturated heterocycles. The molecule has 0 aliphatic carbocycles. The van der Waals surface area contributed by atoms with Crippen LogP contribution in [0.5, 0.6) is 0 Å². The van der Waals surface area contributed by atoms with Gasteiger partial charge in [-0.2, -0.15) is 0 Å². The summed E-state index contributed by atoms with van der Waals surface area (Å²) in [7, 11) is 0. The van der Waals surface area contributed by atoms with Crippen molar-refractivity contribution in [3.63, 3.8) is 0 Å². The number of unbranched alkanes of at least 4 members (excludes halogenated alkanes) is 2. The molecule has 0 spiro atoms. The van der Waals surface area contributed by atoms with Crippen LogP contribution in [0.1, 0.15) is 38.7 Å². The molecular weight excluding hydrogens is 284 g/mol. The maximum atomic E-state index is 11.9. The van der Waals surface area contributed by atoms with Crippen molar-refractivity contribution in [2.24, 2.45) is 0 Å². The number of hydrogen-bond donors (Lipinski definition) is 2. The molecule has 2 N–H and O–H groups in total. The Morgan fingerprint density at radius 1 is 1.38 bits per heavy atom. The molecule has 0 fully saturated rings. The van der Waals surface area contributed by atoms with Crippen LogP contribution in [-0.2, 0) is 16.0 Å². The third-order valence-corrected chi connectivity index (χ3v) is 4.62. The summed E-state index contributed by atoms with van der Waals surface area (Å²) in [6, 6.07) is 5.84. The van der Waals surface area contributed by atoms with E-state index in [1.807, 2.05) is 25.1 Å². The second-order valence-corrected chi connectivity index (χ2v) is 6.70. The Balaban J connectivity index is 1.91. The average molecular weight is 306 g/mol. The number of anilines is 1. The highest BCUT2D eigenvalue weighted by Crippen LogP contribution is 2.35. The summed E-state index contributed by atoms with van der Waals surface area (Å²) >= 11 is 1.55. The first kappa shape index (κ1) is 15.9. The van der Waals surface area contributed by atoms with E-state index >= 15 is 0 Å². The van der Waals surface area contributed by atoms with Crippen molar-refractivity contribution < 1.29 is 9.59 Å². The first-order valence-corrected chi connectivity index (χ1v) is 8.35. The van der Waals surface area contributed by atoms with Crippen LogP contribution in [0.15, 0.2) is 23.1 Å². The van der Waals surface area contributed by atoms with Crippen LogP contribution in [0.4, 0.5) is 5.69 Å². The lowest BCUT2D eigenvalue weighted by molar-refractivity contribution is -0.120. The van der Waals surface area contributed by atoms with Crippen LogP contribution in [-0.4, -0.2) is 23.6 Å². The maximum Gasteiger partial charge on any atom is 0.237 e. The van der Waals surface area contributed by atoms with E-state index in [1.54, 1.807) is 11.8 Å². The molecule has 21 heavy (non-hydrogen) atoms. The van der Waals surface area contributed by atoms with E-state index in [0.29, 0.717) is 6.42 Å². The van der Waals surface area contributed by atoms with Crippen LogP contribution in [0.3, 0.4) is 0 Å². The van der Waals surface area contributed by atoms with Gasteiger partial charge in [-0.25, -0.2) is 0 Å². The normalized spacial score (nSPS) is 17.0. The fourth-order valence-electron chi connectivity index (χ4n) is 2.22. The van der Waals surface area contributed by atoms with Gasteiger partial charge in [-0.05, 0) is 31.0 Å². The summed E-state index contributed by atoms with van der Waals surface area (Å²) in [5, 5.41) is 5.76. The fourth-order valence-corrected chi connectivity index (χ4v) is 3.15. The molecule has 0 aromatic heterocycles. The van der Waals surface area contributed by atoms with Gasteiger partial charge in [0.1, 0.15) is 0 Å². The standard InChI is InChI=1S/C16H22N2O2S/c1-3-4-5-8-17-15(19)10-12-6-7-14-13(9-12)18-16(20)11(2)21-14/h6-7,9,11H,3-5,8,10H2,1-2H3,(H,17,19)(H,18,20). The SMILES string of the molecule is CCCCCNC(=O)Cc1ccc2c(c1)NC(=O)C(C)S2. The molecule has 1 aliphatic rings. The van der Waals surface area contributed by atoms with Crippen molar-refractivity contribution in [2.45, 2.75) is 49.7 Å². The minimum absolute atomic E-state index is 0.0219. The number of benzene rings is 1. The zero-order valence-electron chi connectivity index (χ0n) is 12.6. The summed E-state index contributed by atoms with van der Waals surface area (Å²) in [6.07, 6.45) is 3.67. The van der Waals surface area contributed by atoms with E-state index in [-0.39, 0.29) is 17.1 Å². The van der Waals surface area contributed by atoms with Gasteiger partial charge in [0.15, 0.2) is 0 Å². The third kappa shape index (κ3) is 4.49. The van der Waals surface area contributed by atoms with Gasteiger partial charge in [0, 0.05) is 11.4 Å². The zero-order valence-corrected chi connectivity index (χ0v) is 13.4. The van der Waals surface area contributed by atoms with E-state index in [2.05, 4.69) is 17.6 Å². The molecule has 1 aromatic carbocycles. The van der Waals surface area contributed by atoms with E-state index < -0.39 is 0 Å². The molecule has 2 amide bonds. The third-order valence-electron chi connectivity index (χ3n) is 3.44. The molecule has 0 saturated carbocycles. The summed E-state index contributed by atoms with van der Waals surface area (Å²) in [5.74, 6) is 0.0582. The van der Waals surface area contributed by atoms with Crippen molar-refractivity contribution in [1.29, 1.82) is 0 Å². The van der Waals surface area contributed by atoms with Crippen LogP contribution >= 0.6 is 11.8 Å². The lowest BCUT2D eigenvalue weighted by Gasteiger charge is -2.21. The molecule has 4 nitrogen and oxygen atoms in total. The fraction of sp³-hybridized carbons (Fsp3) is 0.500. The van der Waals surface area contributed by atoms with Crippen molar-refractivity contribution in [3.05, 3.63) is 23.8 Å². The summed E-state index contributed by atoms with van der Waals surface area (Å²) in [4.78, 5) is 24.6. The average Bonchev–Trinajstić information content (AvgIpc) is 2.45. The Kier molecular flexibility index (Phi) is 5.67. The molecule has 0 radical (unpaired) electrons. The Morgan fingerprint density at radius 3 is 2.95 bits per heavy atom. The van der Waals surface area contributed by atoms with Crippen molar-refractivity contribution >= 4 is 29.3 Å². The van der Waals surface area contributed by atoms with Gasteiger partial charge in [-0.3, -0.25) is 9.59 Å². The number of thioether (sulfide) groups is 1. The minimum Gasteiger partial charge on any atom is -0.356 e. The van der Waals surface area contributed by atoms with Crippen molar-refractivity contribution in [3.8, 4) is 0 Å². The molecule has 1 aromatic rings. The molecule has 5 heteroatoms. The lowest BCUT2D eigenvalue weighted by Crippen LogP contribution is -2.27. The van der Waals surface area contributed by atoms with Gasteiger partial charge < -0.3 is 10.6 Å². The molecular formula is C16H22N2O2S. The van der Waals surface area contributed by atoms with Crippen molar-refractivity contribution in [1.82, 2.24) is 5.32 Å². The van der Waals surface area contributed by atoms with Gasteiger partial charge in [0.2, 0.25) is 11.8 Å². The Hall–Kier alpha value is -1.49. The first-order chi connectivity index (χ1) is 10.1. The Morgan fingerprint density at radius 2 is 2.19 bits per heavy atom. The van der Waals surface area contributed by atoms with E-state index in [1.165, 1.54) is 0 Å². The maximum absolute atomic E-state index is 11.9. The van der Waals surface area contributed by atoms with Gasteiger partial charge in [0.05, 0.1) is 17.4 Å². The second kappa shape index (κ2) is 7.50. The highest BCUT2D eigenvalue weighted by Gasteiger charge is 2.23. The highest BCUT2D eigenvalue weighted by atomic mass is 32.2. The number of fused-ring (bicyclic) bond motifs is 1. The largest absolute Gasteiger partial charge is 0.356 e. The van der Waals surface area contributed by atoms with E-state index in [0.717, 1.165) is 42.0 Å². The van der Waals surface area contributed by atoms with Crippen molar-refractivity contribution in [2.75, 3.05) is 11.9 Å². The quantitative estimate of drug-likeness (QED) is 0.794. The number of hydrogen-bond acceptors (Lipinski definition) is 3. The first-order valence-electron chi connectivity index (χ1n) is 7.47. The summed E-state index contributed by atoms with van der Waals surface area (Å²) < 4.78 is 0. The molecule has 1 heterocycles. The predicted octanol–water partition coefficient (Wildman–Crippen LogP) is 2.97. The smallest absolute Gasteiger partial charge is 0.237 e.